The van der Waals surface area contributed by atoms with E-state index in [4.69, 9.17) is 0 Å². The molecule has 0 heterocycles. The third-order valence-electron chi connectivity index (χ3n) is 11.0. The van der Waals surface area contributed by atoms with Gasteiger partial charge in [-0.05, 0) is 107 Å². The number of anilines is 3. The van der Waals surface area contributed by atoms with Crippen LogP contribution in [0.5, 0.6) is 0 Å². The van der Waals surface area contributed by atoms with Crippen LogP contribution < -0.4 is 4.90 Å². The van der Waals surface area contributed by atoms with E-state index in [0.29, 0.717) is 0 Å². The lowest BCUT2D eigenvalue weighted by Gasteiger charge is -2.29. The van der Waals surface area contributed by atoms with Crippen LogP contribution in [0.25, 0.3) is 65.3 Å². The first-order chi connectivity index (χ1) is 24.5. The highest BCUT2D eigenvalue weighted by atomic mass is 15.1. The average Bonchev–Trinajstić information content (AvgIpc) is 3.40. The van der Waals surface area contributed by atoms with Gasteiger partial charge in [-0.1, -0.05) is 153 Å². The van der Waals surface area contributed by atoms with Gasteiger partial charge in [0.25, 0.3) is 0 Å². The van der Waals surface area contributed by atoms with Crippen LogP contribution in [0.3, 0.4) is 0 Å². The zero-order chi connectivity index (χ0) is 33.4. The largest absolute Gasteiger partial charge is 0.310 e. The highest BCUT2D eigenvalue weighted by Gasteiger charge is 2.35. The summed E-state index contributed by atoms with van der Waals surface area (Å²) < 4.78 is 0. The summed E-state index contributed by atoms with van der Waals surface area (Å²) in [4.78, 5) is 2.49. The fraction of sp³-hybridized carbons (Fsp3) is 0.0612. The Morgan fingerprint density at radius 2 is 1.00 bits per heavy atom. The Morgan fingerprint density at radius 3 is 1.88 bits per heavy atom. The van der Waals surface area contributed by atoms with E-state index in [-0.39, 0.29) is 5.41 Å². The van der Waals surface area contributed by atoms with E-state index in [0.717, 1.165) is 11.4 Å². The van der Waals surface area contributed by atoms with Crippen LogP contribution in [0.15, 0.2) is 176 Å². The molecule has 236 valence electrons. The predicted octanol–water partition coefficient (Wildman–Crippen LogP) is 13.7. The molecule has 0 bridgehead atoms. The molecule has 0 aromatic heterocycles. The van der Waals surface area contributed by atoms with Gasteiger partial charge in [0, 0.05) is 22.2 Å². The van der Waals surface area contributed by atoms with Crippen molar-refractivity contribution in [3.8, 4) is 22.3 Å². The maximum atomic E-state index is 2.49. The molecule has 0 radical (unpaired) electrons. The second-order valence-electron chi connectivity index (χ2n) is 14.2. The van der Waals surface area contributed by atoms with Crippen molar-refractivity contribution in [1.82, 2.24) is 0 Å². The van der Waals surface area contributed by atoms with Gasteiger partial charge in [0.15, 0.2) is 0 Å². The molecule has 9 aromatic carbocycles. The first kappa shape index (κ1) is 28.8. The van der Waals surface area contributed by atoms with Crippen molar-refractivity contribution in [1.29, 1.82) is 0 Å². The smallest absolute Gasteiger partial charge is 0.0546 e. The number of fused-ring (bicyclic) bond motifs is 9. The van der Waals surface area contributed by atoms with Gasteiger partial charge < -0.3 is 4.90 Å². The van der Waals surface area contributed by atoms with Crippen molar-refractivity contribution in [2.24, 2.45) is 0 Å². The molecule has 0 aliphatic heterocycles. The second-order valence-corrected chi connectivity index (χ2v) is 14.2. The van der Waals surface area contributed by atoms with Crippen LogP contribution in [-0.2, 0) is 5.41 Å². The second kappa shape index (κ2) is 10.9. The molecule has 0 atom stereocenters. The maximum absolute atomic E-state index is 2.49. The Labute approximate surface area is 292 Å². The fourth-order valence-corrected chi connectivity index (χ4v) is 8.51. The number of hydrogen-bond donors (Lipinski definition) is 0. The molecule has 10 rings (SSSR count). The van der Waals surface area contributed by atoms with Crippen molar-refractivity contribution < 1.29 is 0 Å². The molecule has 50 heavy (non-hydrogen) atoms. The summed E-state index contributed by atoms with van der Waals surface area (Å²) in [6, 6.07) is 65.1. The minimum Gasteiger partial charge on any atom is -0.310 e. The van der Waals surface area contributed by atoms with Crippen LogP contribution in [0.4, 0.5) is 17.1 Å². The van der Waals surface area contributed by atoms with Gasteiger partial charge in [0.2, 0.25) is 0 Å². The van der Waals surface area contributed by atoms with E-state index in [9.17, 15) is 0 Å². The molecule has 9 aromatic rings. The van der Waals surface area contributed by atoms with Crippen LogP contribution in [0.1, 0.15) is 25.0 Å². The van der Waals surface area contributed by atoms with Gasteiger partial charge in [-0.15, -0.1) is 0 Å². The summed E-state index contributed by atoms with van der Waals surface area (Å²) in [6.45, 7) is 4.70. The lowest BCUT2D eigenvalue weighted by atomic mass is 9.82. The standard InChI is InChI=1S/C49H35N/c1-49(2)44-19-8-7-18-42(44)43-31-40(27-28-45(43)49)50(39-16-9-15-37(30-39)38-26-21-32-11-3-4-13-36(32)29-38)46-20-10-14-34-24-25-35-23-22-33-12-5-6-17-41(33)47(35)48(34)46/h3-31H,1-2H3. The monoisotopic (exact) mass is 637 g/mol. The summed E-state index contributed by atoms with van der Waals surface area (Å²) in [6.07, 6.45) is 0. The Hall–Kier alpha value is -6.18. The van der Waals surface area contributed by atoms with Crippen LogP contribution >= 0.6 is 0 Å². The zero-order valence-electron chi connectivity index (χ0n) is 28.2. The minimum absolute atomic E-state index is 0.0557. The SMILES string of the molecule is CC1(C)c2ccccc2-c2cc(N(c3cccc(-c4ccc5ccccc5c4)c3)c3cccc4ccc5ccc6ccccc6c5c34)ccc21. The molecule has 1 nitrogen and oxygen atoms in total. The van der Waals surface area contributed by atoms with Gasteiger partial charge in [-0.25, -0.2) is 0 Å². The summed E-state index contributed by atoms with van der Waals surface area (Å²) in [5, 5.41) is 10.1. The molecule has 1 heteroatoms. The topological polar surface area (TPSA) is 3.24 Å². The zero-order valence-corrected chi connectivity index (χ0v) is 28.2. The lowest BCUT2D eigenvalue weighted by molar-refractivity contribution is 0.660. The fourth-order valence-electron chi connectivity index (χ4n) is 8.51. The van der Waals surface area contributed by atoms with E-state index in [1.165, 1.54) is 82.2 Å². The molecule has 0 spiro atoms. The molecule has 0 unspecified atom stereocenters. The first-order valence-corrected chi connectivity index (χ1v) is 17.5. The molecule has 0 saturated heterocycles. The molecular weight excluding hydrogens is 603 g/mol. The minimum atomic E-state index is -0.0557. The Bertz CT molecular complexity index is 2800. The third kappa shape index (κ3) is 4.33. The number of benzene rings is 9. The van der Waals surface area contributed by atoms with E-state index < -0.39 is 0 Å². The van der Waals surface area contributed by atoms with Gasteiger partial charge >= 0.3 is 0 Å². The van der Waals surface area contributed by atoms with Crippen molar-refractivity contribution >= 4 is 60.2 Å². The number of hydrogen-bond acceptors (Lipinski definition) is 1. The molecule has 0 N–H and O–H groups in total. The predicted molar refractivity (Wildman–Crippen MR) is 214 cm³/mol. The first-order valence-electron chi connectivity index (χ1n) is 17.5. The molecular formula is C49H35N. The van der Waals surface area contributed by atoms with E-state index in [1.54, 1.807) is 0 Å². The van der Waals surface area contributed by atoms with E-state index in [1.807, 2.05) is 0 Å². The molecule has 0 saturated carbocycles. The number of nitrogens with zero attached hydrogens (tertiary/aromatic N) is 1. The van der Waals surface area contributed by atoms with Crippen molar-refractivity contribution in [2.45, 2.75) is 19.3 Å². The number of rotatable bonds is 4. The van der Waals surface area contributed by atoms with Gasteiger partial charge in [0.05, 0.1) is 5.69 Å². The Morgan fingerprint density at radius 1 is 0.380 bits per heavy atom. The van der Waals surface area contributed by atoms with E-state index in [2.05, 4.69) is 195 Å². The van der Waals surface area contributed by atoms with Crippen LogP contribution in [0.2, 0.25) is 0 Å². The van der Waals surface area contributed by atoms with E-state index >= 15 is 0 Å². The Kier molecular flexibility index (Phi) is 6.29. The van der Waals surface area contributed by atoms with Crippen molar-refractivity contribution in [2.75, 3.05) is 4.90 Å². The molecule has 1 aliphatic carbocycles. The maximum Gasteiger partial charge on any atom is 0.0546 e. The van der Waals surface area contributed by atoms with Gasteiger partial charge in [0.1, 0.15) is 0 Å². The normalized spacial score (nSPS) is 13.2. The average molecular weight is 638 g/mol. The highest BCUT2D eigenvalue weighted by molar-refractivity contribution is 6.24. The summed E-state index contributed by atoms with van der Waals surface area (Å²) >= 11 is 0. The Balaban J connectivity index is 1.26. The molecule has 0 fully saturated rings. The lowest BCUT2D eigenvalue weighted by Crippen LogP contribution is -2.15. The summed E-state index contributed by atoms with van der Waals surface area (Å²) in [5.74, 6) is 0. The molecule has 0 amide bonds. The highest BCUT2D eigenvalue weighted by Crippen LogP contribution is 2.51. The van der Waals surface area contributed by atoms with Crippen molar-refractivity contribution in [3.63, 3.8) is 0 Å². The quantitative estimate of drug-likeness (QED) is 0.174. The third-order valence-corrected chi connectivity index (χ3v) is 11.0. The van der Waals surface area contributed by atoms with Crippen LogP contribution in [-0.4, -0.2) is 0 Å². The van der Waals surface area contributed by atoms with Gasteiger partial charge in [-0.3, -0.25) is 0 Å². The summed E-state index contributed by atoms with van der Waals surface area (Å²) in [5.41, 5.74) is 11.2. The summed E-state index contributed by atoms with van der Waals surface area (Å²) in [7, 11) is 0. The molecule has 1 aliphatic rings. The van der Waals surface area contributed by atoms with Gasteiger partial charge in [-0.2, -0.15) is 0 Å². The van der Waals surface area contributed by atoms with Crippen molar-refractivity contribution in [3.05, 3.63) is 187 Å². The van der Waals surface area contributed by atoms with Crippen LogP contribution in [0, 0.1) is 0 Å².